The Morgan fingerprint density at radius 1 is 1.45 bits per heavy atom. The Morgan fingerprint density at radius 2 is 2.20 bits per heavy atom. The molecular formula is C13H14BrNO2S3. The van der Waals surface area contributed by atoms with E-state index in [1.54, 1.807) is 46.8 Å². The predicted molar refractivity (Wildman–Crippen MR) is 91.9 cm³/mol. The number of esters is 1. The van der Waals surface area contributed by atoms with Crippen molar-refractivity contribution in [1.29, 1.82) is 0 Å². The molecule has 20 heavy (non-hydrogen) atoms. The monoisotopic (exact) mass is 391 g/mol. The maximum atomic E-state index is 11.5. The van der Waals surface area contributed by atoms with Gasteiger partial charge in [0.1, 0.15) is 10.9 Å². The highest BCUT2D eigenvalue weighted by Gasteiger charge is 2.25. The molecule has 1 aromatic carbocycles. The van der Waals surface area contributed by atoms with Crippen LogP contribution in [-0.4, -0.2) is 27.6 Å². The van der Waals surface area contributed by atoms with Gasteiger partial charge in [0.25, 0.3) is 0 Å². The van der Waals surface area contributed by atoms with Crippen LogP contribution in [0.5, 0.6) is 0 Å². The molecule has 0 saturated carbocycles. The fourth-order valence-electron chi connectivity index (χ4n) is 1.32. The highest BCUT2D eigenvalue weighted by atomic mass is 79.9. The lowest BCUT2D eigenvalue weighted by molar-refractivity contribution is -0.144. The fraction of sp³-hybridized carbons (Fsp3) is 0.385. The summed E-state index contributed by atoms with van der Waals surface area (Å²) in [5, 5.41) is 0. The third-order valence-corrected chi connectivity index (χ3v) is 6.27. The van der Waals surface area contributed by atoms with Crippen molar-refractivity contribution in [3.8, 4) is 0 Å². The van der Waals surface area contributed by atoms with Gasteiger partial charge in [-0.05, 0) is 36.8 Å². The molecule has 0 fully saturated rings. The van der Waals surface area contributed by atoms with Gasteiger partial charge in [-0.2, -0.15) is 0 Å². The van der Waals surface area contributed by atoms with Crippen molar-refractivity contribution in [2.75, 3.05) is 12.4 Å². The number of benzene rings is 1. The Hall–Kier alpha value is -0.240. The molecule has 0 bridgehead atoms. The summed E-state index contributed by atoms with van der Waals surface area (Å²) in [4.78, 5) is 16.0. The lowest BCUT2D eigenvalue weighted by atomic mass is 10.2. The second kappa shape index (κ2) is 7.15. The molecule has 0 unspecified atom stereocenters. The second-order valence-electron chi connectivity index (χ2n) is 4.46. The number of hydrogen-bond acceptors (Lipinski definition) is 6. The molecule has 2 aromatic rings. The number of halogens is 1. The summed E-state index contributed by atoms with van der Waals surface area (Å²) < 4.78 is 6.78. The number of nitrogens with zero attached hydrogens (tertiary/aromatic N) is 1. The molecule has 0 spiro atoms. The molecule has 0 radical (unpaired) electrons. The van der Waals surface area contributed by atoms with E-state index in [1.165, 1.54) is 4.70 Å². The molecule has 108 valence electrons. The molecule has 2 rings (SSSR count). The Bertz CT molecular complexity index is 562. The number of hydrogen-bond donors (Lipinski definition) is 0. The third-order valence-electron chi connectivity index (χ3n) is 2.29. The van der Waals surface area contributed by atoms with Crippen LogP contribution >= 0.6 is 48.9 Å². The Kier molecular flexibility index (Phi) is 5.77. The third kappa shape index (κ3) is 4.65. The van der Waals surface area contributed by atoms with Gasteiger partial charge in [-0.25, -0.2) is 4.98 Å². The van der Waals surface area contributed by atoms with Crippen LogP contribution < -0.4 is 0 Å². The van der Waals surface area contributed by atoms with E-state index in [2.05, 4.69) is 27.0 Å². The number of alkyl halides is 1. The Balaban J connectivity index is 1.72. The molecule has 0 saturated heterocycles. The van der Waals surface area contributed by atoms with Gasteiger partial charge in [0.05, 0.1) is 10.2 Å². The number of carbonyl (C=O) groups excluding carboxylic acids is 1. The van der Waals surface area contributed by atoms with E-state index in [9.17, 15) is 4.79 Å². The largest absolute Gasteiger partial charge is 0.464 e. The molecular weight excluding hydrogens is 378 g/mol. The zero-order valence-electron chi connectivity index (χ0n) is 11.1. The fourth-order valence-corrected chi connectivity index (χ4v) is 4.61. The summed E-state index contributed by atoms with van der Waals surface area (Å²) in [5.74, 6) is 0.512. The standard InChI is InChI=1S/C13H14BrNO2S3/c1-13(2,14)11(16)17-7-8-18-20-12-15-9-5-3-4-6-10(9)19-12/h3-6H,7-8H2,1-2H3. The zero-order chi connectivity index (χ0) is 14.6. The summed E-state index contributed by atoms with van der Waals surface area (Å²) in [6.45, 7) is 3.97. The molecule has 7 heteroatoms. The van der Waals surface area contributed by atoms with Crippen LogP contribution in [0.4, 0.5) is 0 Å². The summed E-state index contributed by atoms with van der Waals surface area (Å²) in [5.41, 5.74) is 1.04. The maximum absolute atomic E-state index is 11.5. The lowest BCUT2D eigenvalue weighted by Crippen LogP contribution is -2.27. The van der Waals surface area contributed by atoms with Gasteiger partial charge in [0.15, 0.2) is 4.34 Å². The van der Waals surface area contributed by atoms with Crippen molar-refractivity contribution in [1.82, 2.24) is 4.98 Å². The van der Waals surface area contributed by atoms with Crippen LogP contribution in [0.3, 0.4) is 0 Å². The maximum Gasteiger partial charge on any atom is 0.322 e. The first-order chi connectivity index (χ1) is 9.47. The molecule has 1 aromatic heterocycles. The topological polar surface area (TPSA) is 39.2 Å². The minimum absolute atomic E-state index is 0.233. The van der Waals surface area contributed by atoms with E-state index in [4.69, 9.17) is 4.74 Å². The average molecular weight is 392 g/mol. The first kappa shape index (κ1) is 16.1. The molecule has 0 amide bonds. The first-order valence-electron chi connectivity index (χ1n) is 5.98. The van der Waals surface area contributed by atoms with Gasteiger partial charge in [-0.15, -0.1) is 11.3 Å². The lowest BCUT2D eigenvalue weighted by Gasteiger charge is -2.14. The number of thiazole rings is 1. The molecule has 0 N–H and O–H groups in total. The van der Waals surface area contributed by atoms with Crippen molar-refractivity contribution < 1.29 is 9.53 Å². The molecule has 0 aliphatic heterocycles. The first-order valence-corrected chi connectivity index (χ1v) is 9.91. The quantitative estimate of drug-likeness (QED) is 0.307. The minimum atomic E-state index is -0.613. The van der Waals surface area contributed by atoms with Gasteiger partial charge in [0.2, 0.25) is 0 Å². The predicted octanol–water partition coefficient (Wildman–Crippen LogP) is 4.75. The number of rotatable bonds is 6. The Labute approximate surface area is 138 Å². The number of fused-ring (bicyclic) bond motifs is 1. The van der Waals surface area contributed by atoms with Crippen LogP contribution in [0, 0.1) is 0 Å². The van der Waals surface area contributed by atoms with Crippen LogP contribution in [0.2, 0.25) is 0 Å². The summed E-state index contributed by atoms with van der Waals surface area (Å²) in [6.07, 6.45) is 0. The normalized spacial score (nSPS) is 11.8. The van der Waals surface area contributed by atoms with Gasteiger partial charge in [-0.3, -0.25) is 4.79 Å². The molecule has 3 nitrogen and oxygen atoms in total. The second-order valence-corrected chi connectivity index (χ2v) is 10.1. The zero-order valence-corrected chi connectivity index (χ0v) is 15.1. The van der Waals surface area contributed by atoms with Gasteiger partial charge in [-0.1, -0.05) is 38.9 Å². The Morgan fingerprint density at radius 3 is 2.90 bits per heavy atom. The average Bonchev–Trinajstić information content (AvgIpc) is 2.79. The SMILES string of the molecule is CC(C)(Br)C(=O)OCCSSc1nc2ccccc2s1. The molecule has 0 aliphatic rings. The summed E-state index contributed by atoms with van der Waals surface area (Å²) >= 11 is 4.96. The van der Waals surface area contributed by atoms with Crippen molar-refractivity contribution in [3.05, 3.63) is 24.3 Å². The van der Waals surface area contributed by atoms with Crippen LogP contribution in [0.25, 0.3) is 10.2 Å². The number of para-hydroxylation sites is 1. The van der Waals surface area contributed by atoms with E-state index in [0.29, 0.717) is 6.61 Å². The summed E-state index contributed by atoms with van der Waals surface area (Å²) in [7, 11) is 3.27. The van der Waals surface area contributed by atoms with Crippen molar-refractivity contribution in [3.63, 3.8) is 0 Å². The number of carbonyl (C=O) groups is 1. The van der Waals surface area contributed by atoms with Crippen molar-refractivity contribution in [2.24, 2.45) is 0 Å². The van der Waals surface area contributed by atoms with E-state index in [0.717, 1.165) is 15.6 Å². The van der Waals surface area contributed by atoms with Gasteiger partial charge >= 0.3 is 5.97 Å². The summed E-state index contributed by atoms with van der Waals surface area (Å²) in [6, 6.07) is 8.09. The smallest absolute Gasteiger partial charge is 0.322 e. The molecule has 0 aliphatic carbocycles. The number of aromatic nitrogens is 1. The minimum Gasteiger partial charge on any atom is -0.464 e. The molecule has 0 atom stereocenters. The van der Waals surface area contributed by atoms with E-state index >= 15 is 0 Å². The van der Waals surface area contributed by atoms with Crippen molar-refractivity contribution >= 4 is 65.0 Å². The van der Waals surface area contributed by atoms with Crippen LogP contribution in [-0.2, 0) is 9.53 Å². The highest BCUT2D eigenvalue weighted by Crippen LogP contribution is 2.36. The number of ether oxygens (including phenoxy) is 1. The van der Waals surface area contributed by atoms with Gasteiger partial charge in [0, 0.05) is 5.75 Å². The van der Waals surface area contributed by atoms with Crippen molar-refractivity contribution in [2.45, 2.75) is 22.5 Å². The molecule has 1 heterocycles. The van der Waals surface area contributed by atoms with E-state index in [-0.39, 0.29) is 5.97 Å². The van der Waals surface area contributed by atoms with Crippen LogP contribution in [0.15, 0.2) is 28.6 Å². The van der Waals surface area contributed by atoms with E-state index in [1.807, 2.05) is 18.2 Å². The van der Waals surface area contributed by atoms with E-state index < -0.39 is 4.32 Å². The van der Waals surface area contributed by atoms with Crippen LogP contribution in [0.1, 0.15) is 13.8 Å². The van der Waals surface area contributed by atoms with Gasteiger partial charge < -0.3 is 4.74 Å². The highest BCUT2D eigenvalue weighted by molar-refractivity contribution is 9.10.